The van der Waals surface area contributed by atoms with Crippen LogP contribution in [0.1, 0.15) is 11.1 Å². The lowest BCUT2D eigenvalue weighted by molar-refractivity contribution is 1.07. The monoisotopic (exact) mass is 1380 g/mol. The van der Waals surface area contributed by atoms with Crippen molar-refractivity contribution >= 4 is 10.8 Å². The van der Waals surface area contributed by atoms with E-state index in [1.54, 1.807) is 0 Å². The van der Waals surface area contributed by atoms with Gasteiger partial charge >= 0.3 is 0 Å². The molecule has 0 bridgehead atoms. The SMILES string of the molecule is Cc1cc(-c2nc(-c3ccccc3)nc(-c3ccccc3)n2)ccc1-c1ccc(-c2nc(-c3ccccc3)nc(-c3ccc(-c4ccc(-c5nc(-c6ccccc6)nc(-c6ccc(-c7cccc8c(-c9ccc(-c%10nc(-c%11ccccc%11)nc(-c%11ccccc%11)n%10)cc9)cccc78)cc6)n5)cc4)cc3)n2)cc1C. The van der Waals surface area contributed by atoms with Crippen molar-refractivity contribution < 1.29 is 0 Å². The normalized spacial score (nSPS) is 11.2. The summed E-state index contributed by atoms with van der Waals surface area (Å²) in [5.41, 5.74) is 21.7. The van der Waals surface area contributed by atoms with Gasteiger partial charge in [-0.25, -0.2) is 59.8 Å². The van der Waals surface area contributed by atoms with Gasteiger partial charge in [0.1, 0.15) is 0 Å². The van der Waals surface area contributed by atoms with E-state index in [1.807, 2.05) is 182 Å². The Morgan fingerprint density at radius 2 is 0.306 bits per heavy atom. The molecule has 0 aliphatic rings. The van der Waals surface area contributed by atoms with Gasteiger partial charge in [0.25, 0.3) is 0 Å². The summed E-state index contributed by atoms with van der Waals surface area (Å²) in [4.78, 5) is 60.5. The van der Waals surface area contributed by atoms with Crippen LogP contribution in [0.15, 0.2) is 352 Å². The van der Waals surface area contributed by atoms with Gasteiger partial charge in [-0.3, -0.25) is 0 Å². The molecule has 0 aliphatic heterocycles. The Kier molecular flexibility index (Phi) is 17.5. The lowest BCUT2D eigenvalue weighted by atomic mass is 9.92. The summed E-state index contributed by atoms with van der Waals surface area (Å²) in [7, 11) is 0. The minimum absolute atomic E-state index is 0.573. The van der Waals surface area contributed by atoms with Gasteiger partial charge in [0.05, 0.1) is 0 Å². The molecule has 0 saturated carbocycles. The van der Waals surface area contributed by atoms with Crippen LogP contribution < -0.4 is 0 Å². The number of rotatable bonds is 16. The van der Waals surface area contributed by atoms with E-state index in [9.17, 15) is 0 Å². The van der Waals surface area contributed by atoms with Crippen LogP contribution in [0, 0.1) is 13.8 Å². The third-order valence-electron chi connectivity index (χ3n) is 19.4. The van der Waals surface area contributed by atoms with Crippen molar-refractivity contribution in [1.29, 1.82) is 0 Å². The Morgan fingerprint density at radius 1 is 0.130 bits per heavy atom. The number of nitrogens with zero attached hydrogens (tertiary/aromatic N) is 12. The summed E-state index contributed by atoms with van der Waals surface area (Å²) in [5.74, 6) is 7.22. The molecule has 4 aromatic heterocycles. The van der Waals surface area contributed by atoms with Gasteiger partial charge in [0.15, 0.2) is 69.9 Å². The van der Waals surface area contributed by atoms with Crippen molar-refractivity contribution in [3.63, 3.8) is 0 Å². The summed E-state index contributed by atoms with van der Waals surface area (Å²) < 4.78 is 0. The van der Waals surface area contributed by atoms with Crippen molar-refractivity contribution in [2.24, 2.45) is 0 Å². The second-order valence-electron chi connectivity index (χ2n) is 26.5. The lowest BCUT2D eigenvalue weighted by Gasteiger charge is -2.14. The van der Waals surface area contributed by atoms with Gasteiger partial charge in [0, 0.05) is 66.8 Å². The van der Waals surface area contributed by atoms with Crippen molar-refractivity contribution in [3.8, 4) is 181 Å². The molecule has 14 aromatic carbocycles. The van der Waals surface area contributed by atoms with E-state index in [-0.39, 0.29) is 0 Å². The zero-order chi connectivity index (χ0) is 72.3. The van der Waals surface area contributed by atoms with E-state index < -0.39 is 0 Å². The van der Waals surface area contributed by atoms with Gasteiger partial charge in [-0.05, 0) is 92.4 Å². The summed E-state index contributed by atoms with van der Waals surface area (Å²) in [6, 6.07) is 120. The maximum Gasteiger partial charge on any atom is 0.164 e. The molecule has 0 aliphatic carbocycles. The van der Waals surface area contributed by atoms with Crippen LogP contribution in [0.2, 0.25) is 0 Å². The van der Waals surface area contributed by atoms with Crippen LogP contribution in [-0.2, 0) is 0 Å². The number of fused-ring (bicyclic) bond motifs is 1. The van der Waals surface area contributed by atoms with E-state index in [1.165, 1.54) is 0 Å². The van der Waals surface area contributed by atoms with Crippen molar-refractivity contribution in [2.75, 3.05) is 0 Å². The Balaban J connectivity index is 0.599. The molecule has 0 atom stereocenters. The fourth-order valence-electron chi connectivity index (χ4n) is 13.8. The molecule has 18 rings (SSSR count). The molecule has 12 nitrogen and oxygen atoms in total. The third kappa shape index (κ3) is 13.5. The first-order chi connectivity index (χ1) is 53.3. The second-order valence-corrected chi connectivity index (χ2v) is 26.5. The van der Waals surface area contributed by atoms with Crippen LogP contribution in [0.5, 0.6) is 0 Å². The molecule has 0 spiro atoms. The van der Waals surface area contributed by atoms with Crippen molar-refractivity contribution in [2.45, 2.75) is 13.8 Å². The first kappa shape index (κ1) is 65.4. The Morgan fingerprint density at radius 3 is 0.519 bits per heavy atom. The molecule has 12 heteroatoms. The zero-order valence-electron chi connectivity index (χ0n) is 58.9. The molecule has 508 valence electrons. The number of hydrogen-bond donors (Lipinski definition) is 0. The van der Waals surface area contributed by atoms with Crippen LogP contribution in [0.25, 0.3) is 192 Å². The van der Waals surface area contributed by atoms with Gasteiger partial charge in [-0.2, -0.15) is 0 Å². The molecule has 0 fully saturated rings. The molecule has 18 aromatic rings. The zero-order valence-corrected chi connectivity index (χ0v) is 58.9. The molecule has 0 N–H and O–H groups in total. The minimum Gasteiger partial charge on any atom is -0.208 e. The van der Waals surface area contributed by atoms with E-state index in [4.69, 9.17) is 59.8 Å². The molecular weight excluding hydrogens is 1320 g/mol. The largest absolute Gasteiger partial charge is 0.208 e. The fourth-order valence-corrected chi connectivity index (χ4v) is 13.8. The molecule has 108 heavy (non-hydrogen) atoms. The van der Waals surface area contributed by atoms with Crippen LogP contribution in [-0.4, -0.2) is 59.8 Å². The van der Waals surface area contributed by atoms with E-state index in [2.05, 4.69) is 184 Å². The predicted molar refractivity (Wildman–Crippen MR) is 434 cm³/mol. The first-order valence-corrected chi connectivity index (χ1v) is 35.8. The Labute approximate surface area is 624 Å². The standard InChI is InChI=1S/C96H64N12/c1-61-59-77(95-105-88(70-29-15-6-16-30-70)98-89(106-95)71-31-17-7-18-32-71)55-57-79(61)80-58-56-78(60-62(80)2)96-107-90(72-33-19-8-20-34-72)103-94(108-96)74-49-41-64(42-50-74)63-39-47-73(48-40-63)91-101-87(69-27-13-5-14-28-69)102-93(104-91)76-53-45-66(46-54-76)82-36-22-37-83-81(35-21-38-84(82)83)65-43-51-75(52-44-65)92-99-85(67-23-9-3-10-24-67)97-86(100-92)68-25-11-4-12-26-68/h3-60H,1-2H3. The quantitative estimate of drug-likeness (QED) is 0.0904. The molecule has 4 heterocycles. The van der Waals surface area contributed by atoms with Gasteiger partial charge in [-0.1, -0.05) is 340 Å². The molecule has 0 saturated heterocycles. The summed E-state index contributed by atoms with van der Waals surface area (Å²) in [6.45, 7) is 4.27. The summed E-state index contributed by atoms with van der Waals surface area (Å²) >= 11 is 0. The Bertz CT molecular complexity index is 6200. The van der Waals surface area contributed by atoms with Crippen molar-refractivity contribution in [3.05, 3.63) is 363 Å². The summed E-state index contributed by atoms with van der Waals surface area (Å²) in [6.07, 6.45) is 0. The number of benzene rings is 14. The maximum absolute atomic E-state index is 5.17. The van der Waals surface area contributed by atoms with Gasteiger partial charge in [0.2, 0.25) is 0 Å². The average molecular weight is 1390 g/mol. The highest BCUT2D eigenvalue weighted by Crippen LogP contribution is 2.39. The molecule has 0 amide bonds. The van der Waals surface area contributed by atoms with Crippen LogP contribution >= 0.6 is 0 Å². The summed E-state index contributed by atoms with van der Waals surface area (Å²) in [5, 5.41) is 2.29. The minimum atomic E-state index is 0.573. The molecular formula is C96H64N12. The van der Waals surface area contributed by atoms with Crippen molar-refractivity contribution in [1.82, 2.24) is 59.8 Å². The fraction of sp³-hybridized carbons (Fsp3) is 0.0208. The number of aryl methyl sites for hydroxylation is 2. The predicted octanol–water partition coefficient (Wildman–Crippen LogP) is 22.9. The van der Waals surface area contributed by atoms with E-state index in [0.29, 0.717) is 69.9 Å². The number of aromatic nitrogens is 12. The molecule has 0 radical (unpaired) electrons. The van der Waals surface area contributed by atoms with Gasteiger partial charge < -0.3 is 0 Å². The van der Waals surface area contributed by atoms with E-state index in [0.717, 1.165) is 133 Å². The second kappa shape index (κ2) is 28.9. The highest BCUT2D eigenvalue weighted by molar-refractivity contribution is 6.04. The van der Waals surface area contributed by atoms with Gasteiger partial charge in [-0.15, -0.1) is 0 Å². The van der Waals surface area contributed by atoms with Crippen LogP contribution in [0.3, 0.4) is 0 Å². The Hall–Kier alpha value is -14.6. The smallest absolute Gasteiger partial charge is 0.164 e. The highest BCUT2D eigenvalue weighted by atomic mass is 15.1. The first-order valence-electron chi connectivity index (χ1n) is 35.8. The lowest BCUT2D eigenvalue weighted by Crippen LogP contribution is -2.01. The van der Waals surface area contributed by atoms with E-state index >= 15 is 0 Å². The molecule has 0 unspecified atom stereocenters. The number of hydrogen-bond acceptors (Lipinski definition) is 12. The van der Waals surface area contributed by atoms with Crippen LogP contribution in [0.4, 0.5) is 0 Å². The third-order valence-corrected chi connectivity index (χ3v) is 19.4. The highest BCUT2D eigenvalue weighted by Gasteiger charge is 2.21. The average Bonchev–Trinajstić information content (AvgIpc) is 0.783. The maximum atomic E-state index is 5.17. The topological polar surface area (TPSA) is 155 Å².